The maximum Gasteiger partial charge on any atom is 0.407 e. The van der Waals surface area contributed by atoms with E-state index in [2.05, 4.69) is 31.9 Å². The number of carbonyl (C=O) groups is 8. The van der Waals surface area contributed by atoms with Crippen LogP contribution in [-0.4, -0.2) is 115 Å². The van der Waals surface area contributed by atoms with Crippen LogP contribution in [0, 0.1) is 5.92 Å². The number of rotatable bonds is 26. The number of amides is 8. The molecule has 5 rings (SSSR count). The maximum atomic E-state index is 14.9. The van der Waals surface area contributed by atoms with Gasteiger partial charge in [-0.25, -0.2) is 4.79 Å². The molecular weight excluding hydrogens is 895 g/mol. The molecule has 3 aromatic rings. The summed E-state index contributed by atoms with van der Waals surface area (Å²) in [7, 11) is 0. The van der Waals surface area contributed by atoms with Crippen LogP contribution in [0.15, 0.2) is 78.9 Å². The molecule has 2 aliphatic rings. The number of imide groups is 1. The molecule has 1 aliphatic carbocycles. The molecule has 378 valence electrons. The molecule has 70 heavy (non-hydrogen) atoms. The summed E-state index contributed by atoms with van der Waals surface area (Å²) in [5, 5.41) is 16.8. The number of alkyl carbamates (subject to hydrolysis) is 1. The van der Waals surface area contributed by atoms with Crippen molar-refractivity contribution in [3.63, 3.8) is 0 Å². The number of hydrogen-bond donors (Lipinski definition) is 8. The number of ether oxygens (including phenoxy) is 1. The Hall–Kier alpha value is -6.66. The topological polar surface area (TPSA) is 273 Å². The van der Waals surface area contributed by atoms with Crippen LogP contribution >= 0.6 is 0 Å². The van der Waals surface area contributed by atoms with Gasteiger partial charge in [-0.15, -0.1) is 0 Å². The van der Waals surface area contributed by atoms with Crippen LogP contribution in [0.2, 0.25) is 0 Å². The Kier molecular flexibility index (Phi) is 20.9. The summed E-state index contributed by atoms with van der Waals surface area (Å²) in [5.74, 6) is -5.29. The van der Waals surface area contributed by atoms with Crippen molar-refractivity contribution in [3.05, 3.63) is 95.6 Å². The van der Waals surface area contributed by atoms with Crippen LogP contribution in [0.5, 0.6) is 0 Å². The van der Waals surface area contributed by atoms with E-state index in [-0.39, 0.29) is 69.0 Å². The number of carbonyl (C=O) groups excluding carboxylic acids is 8. The molecule has 1 fully saturated rings. The van der Waals surface area contributed by atoms with Crippen LogP contribution in [-0.2, 0) is 44.7 Å². The average molecular weight is 966 g/mol. The Balaban J connectivity index is 1.37. The number of nitrogens with one attached hydrogen (secondary N) is 6. The normalized spacial score (nSPS) is 16.1. The number of unbranched alkanes of at least 4 members (excludes halogenated alkanes) is 2. The summed E-state index contributed by atoms with van der Waals surface area (Å²) in [4.78, 5) is 111. The molecule has 0 bridgehead atoms. The predicted molar refractivity (Wildman–Crippen MR) is 264 cm³/mol. The lowest BCUT2D eigenvalue weighted by molar-refractivity contribution is -0.154. The van der Waals surface area contributed by atoms with Crippen molar-refractivity contribution in [1.29, 1.82) is 0 Å². The van der Waals surface area contributed by atoms with Gasteiger partial charge in [0.05, 0.1) is 6.04 Å². The molecule has 18 heteroatoms. The second-order valence-corrected chi connectivity index (χ2v) is 18.6. The molecule has 0 saturated carbocycles. The Morgan fingerprint density at radius 2 is 1.36 bits per heavy atom. The van der Waals surface area contributed by atoms with Gasteiger partial charge in [0.15, 0.2) is 0 Å². The number of nitrogens with zero attached hydrogens (tertiary/aromatic N) is 1. The molecule has 8 amide bonds. The monoisotopic (exact) mass is 966 g/mol. The fourth-order valence-corrected chi connectivity index (χ4v) is 9.04. The number of primary amides is 1. The number of hydrogen-bond acceptors (Lipinski definition) is 11. The molecule has 6 atom stereocenters. The van der Waals surface area contributed by atoms with Gasteiger partial charge in [-0.3, -0.25) is 38.5 Å². The van der Waals surface area contributed by atoms with E-state index >= 15 is 0 Å². The van der Waals surface area contributed by atoms with Gasteiger partial charge in [0, 0.05) is 25.8 Å². The zero-order chi connectivity index (χ0) is 50.7. The molecule has 10 N–H and O–H groups in total. The largest absolute Gasteiger partial charge is 0.449 e. The van der Waals surface area contributed by atoms with Crippen LogP contribution in [0.1, 0.15) is 108 Å². The van der Waals surface area contributed by atoms with Crippen LogP contribution in [0.3, 0.4) is 0 Å². The summed E-state index contributed by atoms with van der Waals surface area (Å²) in [6, 6.07) is 17.7. The fraction of sp³-hybridized carbons (Fsp3) is 0.500. The van der Waals surface area contributed by atoms with E-state index < -0.39 is 71.9 Å². The third kappa shape index (κ3) is 15.4. The predicted octanol–water partition coefficient (Wildman–Crippen LogP) is 3.05. The lowest BCUT2D eigenvalue weighted by Crippen LogP contribution is -2.62. The number of fused-ring (bicyclic) bond motifs is 3. The first-order valence-corrected chi connectivity index (χ1v) is 24.5. The summed E-state index contributed by atoms with van der Waals surface area (Å²) in [5.41, 5.74) is 16.5. The van der Waals surface area contributed by atoms with E-state index in [1.807, 2.05) is 92.7 Å². The minimum Gasteiger partial charge on any atom is -0.449 e. The van der Waals surface area contributed by atoms with Gasteiger partial charge in [-0.1, -0.05) is 92.7 Å². The van der Waals surface area contributed by atoms with Crippen LogP contribution < -0.4 is 43.4 Å². The highest BCUT2D eigenvalue weighted by atomic mass is 16.5. The highest BCUT2D eigenvalue weighted by Gasteiger charge is 2.41. The molecule has 1 heterocycles. The summed E-state index contributed by atoms with van der Waals surface area (Å²) >= 11 is 0. The first-order chi connectivity index (χ1) is 33.6. The van der Waals surface area contributed by atoms with Gasteiger partial charge < -0.3 is 48.1 Å². The molecule has 3 aromatic carbocycles. The summed E-state index contributed by atoms with van der Waals surface area (Å²) in [6.45, 7) is 7.58. The quantitative estimate of drug-likeness (QED) is 0.0542. The SMILES string of the molecule is CC(=O)NCCCC[C@H](NC(=O)OCC1c2ccccc2-c2ccccc21)C(=O)N(C(=O)[C@H](C)NC(=O)[C@H](CC(C)C)NC(=O)[C@H](Cc1ccccc1)NC(=O)[C@@H]1CCCN1)[C@@H](CCCCN)C(N)=O. The smallest absolute Gasteiger partial charge is 0.407 e. The van der Waals surface area contributed by atoms with Crippen molar-refractivity contribution in [2.45, 2.75) is 134 Å². The molecule has 18 nitrogen and oxygen atoms in total. The van der Waals surface area contributed by atoms with Gasteiger partial charge in [-0.05, 0) is 112 Å². The molecule has 1 saturated heterocycles. The maximum absolute atomic E-state index is 14.9. The third-order valence-corrected chi connectivity index (χ3v) is 12.6. The first-order valence-electron chi connectivity index (χ1n) is 24.5. The Morgan fingerprint density at radius 1 is 0.729 bits per heavy atom. The fourth-order valence-electron chi connectivity index (χ4n) is 9.04. The molecule has 0 radical (unpaired) electrons. The lowest BCUT2D eigenvalue weighted by Gasteiger charge is -2.34. The lowest BCUT2D eigenvalue weighted by atomic mass is 9.98. The van der Waals surface area contributed by atoms with Crippen molar-refractivity contribution in [2.24, 2.45) is 17.4 Å². The van der Waals surface area contributed by atoms with Gasteiger partial charge >= 0.3 is 6.09 Å². The molecular formula is C52H71N9O9. The van der Waals surface area contributed by atoms with E-state index in [0.29, 0.717) is 43.5 Å². The van der Waals surface area contributed by atoms with Crippen molar-refractivity contribution >= 4 is 47.4 Å². The second kappa shape index (κ2) is 26.9. The Labute approximate surface area is 410 Å². The van der Waals surface area contributed by atoms with Crippen molar-refractivity contribution in [1.82, 2.24) is 36.8 Å². The second-order valence-electron chi connectivity index (χ2n) is 18.6. The van der Waals surface area contributed by atoms with Crippen LogP contribution in [0.4, 0.5) is 4.79 Å². The van der Waals surface area contributed by atoms with Gasteiger partial charge in [0.2, 0.25) is 29.5 Å². The summed E-state index contributed by atoms with van der Waals surface area (Å²) in [6.07, 6.45) is 2.14. The van der Waals surface area contributed by atoms with E-state index in [1.54, 1.807) is 0 Å². The zero-order valence-electron chi connectivity index (χ0n) is 40.8. The number of nitrogens with two attached hydrogens (primary N) is 2. The minimum atomic E-state index is -1.50. The minimum absolute atomic E-state index is 0.0264. The van der Waals surface area contributed by atoms with E-state index in [4.69, 9.17) is 16.2 Å². The molecule has 0 unspecified atom stereocenters. The van der Waals surface area contributed by atoms with Gasteiger partial charge in [0.1, 0.15) is 36.8 Å². The van der Waals surface area contributed by atoms with Crippen molar-refractivity contribution in [2.75, 3.05) is 26.2 Å². The van der Waals surface area contributed by atoms with E-state index in [9.17, 15) is 38.4 Å². The third-order valence-electron chi connectivity index (χ3n) is 12.6. The van der Waals surface area contributed by atoms with Crippen molar-refractivity contribution in [3.8, 4) is 11.1 Å². The first kappa shape index (κ1) is 54.3. The average Bonchev–Trinajstić information content (AvgIpc) is 3.99. The molecule has 0 aromatic heterocycles. The van der Waals surface area contributed by atoms with Gasteiger partial charge in [0.25, 0.3) is 11.8 Å². The van der Waals surface area contributed by atoms with E-state index in [1.165, 1.54) is 13.8 Å². The highest BCUT2D eigenvalue weighted by molar-refractivity contribution is 6.05. The molecule has 1 aliphatic heterocycles. The zero-order valence-corrected chi connectivity index (χ0v) is 40.8. The Bertz CT molecular complexity index is 2240. The summed E-state index contributed by atoms with van der Waals surface area (Å²) < 4.78 is 5.81. The van der Waals surface area contributed by atoms with Crippen LogP contribution in [0.25, 0.3) is 11.1 Å². The molecule has 0 spiro atoms. The standard InChI is InChI=1S/C52H71N9O9/c1-32(2)29-43(58-49(66)44(30-35-17-6-5-7-18-35)59-47(64)41-24-16-28-56-41)48(65)57-33(3)50(67)61(45(46(54)63)25-12-14-26-53)51(68)42(23-13-15-27-55-34(4)62)60-52(69)70-31-40-38-21-10-8-19-36(38)37-20-9-11-22-39(37)40/h5-11,17-22,32-33,40-45,56H,12-16,23-31,53H2,1-4H3,(H2,54,63)(H,55,62)(H,57,65)(H,58,66)(H,59,64)(H,60,69)/t33-,41-,42-,43-,44-,45-/m0/s1. The number of benzene rings is 3. The van der Waals surface area contributed by atoms with E-state index in [0.717, 1.165) is 34.2 Å². The van der Waals surface area contributed by atoms with Crippen molar-refractivity contribution < 1.29 is 43.1 Å². The highest BCUT2D eigenvalue weighted by Crippen LogP contribution is 2.44. The van der Waals surface area contributed by atoms with Gasteiger partial charge in [-0.2, -0.15) is 0 Å². The Morgan fingerprint density at radius 3 is 1.96 bits per heavy atom.